The molecule has 5 nitrogen and oxygen atoms in total. The van der Waals surface area contributed by atoms with Crippen molar-refractivity contribution in [2.24, 2.45) is 5.92 Å². The van der Waals surface area contributed by atoms with Gasteiger partial charge in [0.25, 0.3) is 10.1 Å². The molecule has 0 saturated heterocycles. The fourth-order valence-corrected chi connectivity index (χ4v) is 2.37. The van der Waals surface area contributed by atoms with Gasteiger partial charge in [-0.05, 0) is 19.3 Å². The van der Waals surface area contributed by atoms with Gasteiger partial charge in [-0.2, -0.15) is 8.42 Å². The maximum Gasteiger partial charge on any atom is 0.311 e. The van der Waals surface area contributed by atoms with Crippen LogP contribution in [0.5, 0.6) is 0 Å². The highest BCUT2D eigenvalue weighted by atomic mass is 32.2. The number of hydrogen-bond acceptors (Lipinski definition) is 5. The van der Waals surface area contributed by atoms with Crippen molar-refractivity contribution < 1.29 is 22.1 Å². The van der Waals surface area contributed by atoms with E-state index in [0.29, 0.717) is 12.8 Å². The van der Waals surface area contributed by atoms with E-state index in [2.05, 4.69) is 4.74 Å². The van der Waals surface area contributed by atoms with E-state index >= 15 is 0 Å². The zero-order valence-corrected chi connectivity index (χ0v) is 9.04. The van der Waals surface area contributed by atoms with Crippen LogP contribution in [0.1, 0.15) is 19.3 Å². The number of methoxy groups -OCH3 is 1. The molecule has 0 aliphatic heterocycles. The quantitative estimate of drug-likeness (QED) is 0.507. The fourth-order valence-electron chi connectivity index (χ4n) is 1.69. The average Bonchev–Trinajstić information content (AvgIpc) is 2.48. The summed E-state index contributed by atoms with van der Waals surface area (Å²) < 4.78 is 31.1. The second-order valence-corrected chi connectivity index (χ2v) is 5.00. The number of rotatable bonds is 3. The smallest absolute Gasteiger partial charge is 0.311 e. The van der Waals surface area contributed by atoms with Crippen LogP contribution in [0.2, 0.25) is 0 Å². The Morgan fingerprint density at radius 2 is 2.00 bits per heavy atom. The molecule has 1 fully saturated rings. The van der Waals surface area contributed by atoms with Crippen LogP contribution in [0.15, 0.2) is 0 Å². The Labute approximate surface area is 83.5 Å². The average molecular weight is 222 g/mol. The zero-order chi connectivity index (χ0) is 10.8. The second kappa shape index (κ2) is 4.27. The van der Waals surface area contributed by atoms with E-state index in [1.165, 1.54) is 7.11 Å². The maximum absolute atomic E-state index is 11.2. The molecule has 1 aliphatic carbocycles. The van der Waals surface area contributed by atoms with E-state index < -0.39 is 28.1 Å². The number of ether oxygens (including phenoxy) is 1. The van der Waals surface area contributed by atoms with Gasteiger partial charge in [0.1, 0.15) is 0 Å². The zero-order valence-electron chi connectivity index (χ0n) is 8.23. The maximum atomic E-state index is 11.2. The van der Waals surface area contributed by atoms with E-state index in [1.807, 2.05) is 0 Å². The van der Waals surface area contributed by atoms with Gasteiger partial charge < -0.3 is 4.74 Å². The van der Waals surface area contributed by atoms with Crippen LogP contribution in [-0.4, -0.2) is 33.9 Å². The molecule has 0 heterocycles. The predicted octanol–water partition coefficient (Wildman–Crippen LogP) is 0.304. The molecular formula is C8H14O5S. The van der Waals surface area contributed by atoms with Crippen LogP contribution in [-0.2, 0) is 23.8 Å². The summed E-state index contributed by atoms with van der Waals surface area (Å²) in [6.07, 6.45) is 2.46. The van der Waals surface area contributed by atoms with Crippen LogP contribution in [0.3, 0.4) is 0 Å². The van der Waals surface area contributed by atoms with E-state index in [9.17, 15) is 13.2 Å². The molecule has 6 heteroatoms. The Kier molecular flexibility index (Phi) is 3.49. The summed E-state index contributed by atoms with van der Waals surface area (Å²) >= 11 is 0. The molecule has 1 rings (SSSR count). The van der Waals surface area contributed by atoms with Crippen molar-refractivity contribution in [3.63, 3.8) is 0 Å². The van der Waals surface area contributed by atoms with E-state index in [0.717, 1.165) is 12.7 Å². The topological polar surface area (TPSA) is 69.7 Å². The van der Waals surface area contributed by atoms with Gasteiger partial charge in [0.15, 0.2) is 0 Å². The van der Waals surface area contributed by atoms with Crippen molar-refractivity contribution in [1.29, 1.82) is 0 Å². The summed E-state index contributed by atoms with van der Waals surface area (Å²) in [5.41, 5.74) is 0. The molecule has 0 bridgehead atoms. The fraction of sp³-hybridized carbons (Fsp3) is 0.875. The molecule has 0 aromatic carbocycles. The molecule has 2 unspecified atom stereocenters. The molecule has 14 heavy (non-hydrogen) atoms. The van der Waals surface area contributed by atoms with Gasteiger partial charge in [-0.25, -0.2) is 0 Å². The number of esters is 1. The van der Waals surface area contributed by atoms with Crippen LogP contribution in [0.25, 0.3) is 0 Å². The molecule has 0 N–H and O–H groups in total. The monoisotopic (exact) mass is 222 g/mol. The lowest BCUT2D eigenvalue weighted by atomic mass is 10.1. The highest BCUT2D eigenvalue weighted by molar-refractivity contribution is 7.86. The Bertz CT molecular complexity index is 308. The molecule has 0 spiro atoms. The van der Waals surface area contributed by atoms with Crippen LogP contribution in [0, 0.1) is 5.92 Å². The van der Waals surface area contributed by atoms with Crippen molar-refractivity contribution in [3.05, 3.63) is 0 Å². The van der Waals surface area contributed by atoms with E-state index in [-0.39, 0.29) is 0 Å². The first-order chi connectivity index (χ1) is 6.44. The number of carbonyl (C=O) groups is 1. The molecule has 1 saturated carbocycles. The Balaban J connectivity index is 2.65. The molecule has 0 amide bonds. The van der Waals surface area contributed by atoms with Gasteiger partial charge in [-0.15, -0.1) is 0 Å². The van der Waals surface area contributed by atoms with Crippen molar-refractivity contribution >= 4 is 16.1 Å². The first-order valence-electron chi connectivity index (χ1n) is 4.40. The summed E-state index contributed by atoms with van der Waals surface area (Å²) in [5, 5.41) is 0. The standard InChI is InChI=1S/C8H14O5S/c1-12-8(9)6-4-3-5-7(6)13-14(2,10)11/h6-7H,3-5H2,1-2H3. The van der Waals surface area contributed by atoms with Gasteiger partial charge >= 0.3 is 5.97 Å². The molecule has 2 atom stereocenters. The summed E-state index contributed by atoms with van der Waals surface area (Å²) in [5.74, 6) is -0.828. The van der Waals surface area contributed by atoms with Gasteiger partial charge in [-0.1, -0.05) is 0 Å². The van der Waals surface area contributed by atoms with Gasteiger partial charge in [-0.3, -0.25) is 8.98 Å². The van der Waals surface area contributed by atoms with Gasteiger partial charge in [0.2, 0.25) is 0 Å². The highest BCUT2D eigenvalue weighted by Crippen LogP contribution is 2.30. The molecule has 0 aromatic heterocycles. The Morgan fingerprint density at radius 3 is 2.50 bits per heavy atom. The first-order valence-corrected chi connectivity index (χ1v) is 6.22. The van der Waals surface area contributed by atoms with Crippen LogP contribution >= 0.6 is 0 Å². The van der Waals surface area contributed by atoms with Crippen molar-refractivity contribution in [1.82, 2.24) is 0 Å². The summed E-state index contributed by atoms with van der Waals surface area (Å²) in [6.45, 7) is 0. The lowest BCUT2D eigenvalue weighted by molar-refractivity contribution is -0.147. The minimum absolute atomic E-state index is 0.392. The second-order valence-electron chi connectivity index (χ2n) is 3.40. The minimum atomic E-state index is -3.49. The molecule has 82 valence electrons. The molecule has 0 radical (unpaired) electrons. The third-order valence-electron chi connectivity index (χ3n) is 2.25. The molecular weight excluding hydrogens is 208 g/mol. The SMILES string of the molecule is COC(=O)C1CCCC1OS(C)(=O)=O. The normalized spacial score (nSPS) is 27.6. The minimum Gasteiger partial charge on any atom is -0.469 e. The van der Waals surface area contributed by atoms with Crippen molar-refractivity contribution in [3.8, 4) is 0 Å². The summed E-state index contributed by atoms with van der Waals surface area (Å²) in [7, 11) is -2.20. The number of carbonyl (C=O) groups excluding carboxylic acids is 1. The third kappa shape index (κ3) is 2.95. The number of hydrogen-bond donors (Lipinski definition) is 0. The predicted molar refractivity (Wildman–Crippen MR) is 49.1 cm³/mol. The van der Waals surface area contributed by atoms with Gasteiger partial charge in [0.05, 0.1) is 25.4 Å². The molecule has 1 aliphatic rings. The van der Waals surface area contributed by atoms with Crippen LogP contribution in [0.4, 0.5) is 0 Å². The largest absolute Gasteiger partial charge is 0.469 e. The third-order valence-corrected chi connectivity index (χ3v) is 2.85. The lowest BCUT2D eigenvalue weighted by Gasteiger charge is -2.16. The first kappa shape index (κ1) is 11.5. The summed E-state index contributed by atoms with van der Waals surface area (Å²) in [4.78, 5) is 11.2. The summed E-state index contributed by atoms with van der Waals surface area (Å²) in [6, 6.07) is 0. The van der Waals surface area contributed by atoms with Crippen LogP contribution < -0.4 is 0 Å². The van der Waals surface area contributed by atoms with Crippen molar-refractivity contribution in [2.45, 2.75) is 25.4 Å². The van der Waals surface area contributed by atoms with E-state index in [4.69, 9.17) is 4.18 Å². The van der Waals surface area contributed by atoms with Crippen molar-refractivity contribution in [2.75, 3.05) is 13.4 Å². The Hall–Kier alpha value is -0.620. The lowest BCUT2D eigenvalue weighted by Crippen LogP contribution is -2.28. The highest BCUT2D eigenvalue weighted by Gasteiger charge is 2.36. The Morgan fingerprint density at radius 1 is 1.36 bits per heavy atom. The van der Waals surface area contributed by atoms with Gasteiger partial charge in [0, 0.05) is 0 Å². The molecule has 0 aromatic rings. The van der Waals surface area contributed by atoms with E-state index in [1.54, 1.807) is 0 Å².